The Labute approximate surface area is 186 Å². The lowest BCUT2D eigenvalue weighted by Crippen LogP contribution is -2.44. The van der Waals surface area contributed by atoms with E-state index in [4.69, 9.17) is 14.2 Å². The minimum absolute atomic E-state index is 0.0104. The van der Waals surface area contributed by atoms with Gasteiger partial charge in [0.05, 0.1) is 31.7 Å². The predicted octanol–water partition coefficient (Wildman–Crippen LogP) is 1.28. The number of benzene rings is 1. The van der Waals surface area contributed by atoms with Crippen LogP contribution in [0.2, 0.25) is 0 Å². The molecule has 3 heterocycles. The van der Waals surface area contributed by atoms with Gasteiger partial charge >= 0.3 is 0 Å². The van der Waals surface area contributed by atoms with Crippen molar-refractivity contribution in [2.75, 3.05) is 40.5 Å². The van der Waals surface area contributed by atoms with Crippen LogP contribution in [0.3, 0.4) is 0 Å². The molecule has 2 aliphatic rings. The van der Waals surface area contributed by atoms with Gasteiger partial charge in [-0.15, -0.1) is 0 Å². The molecule has 10 nitrogen and oxygen atoms in total. The molecular formula is C22H29N5O5. The van der Waals surface area contributed by atoms with E-state index in [1.807, 2.05) is 6.92 Å². The average molecular weight is 444 g/mol. The summed E-state index contributed by atoms with van der Waals surface area (Å²) < 4.78 is 16.2. The van der Waals surface area contributed by atoms with Crippen LogP contribution in [0.5, 0.6) is 11.5 Å². The maximum Gasteiger partial charge on any atom is 0.257 e. The van der Waals surface area contributed by atoms with Gasteiger partial charge in [0.25, 0.3) is 5.91 Å². The number of nitrogens with zero attached hydrogens (tertiary/aromatic N) is 3. The molecule has 2 atom stereocenters. The quantitative estimate of drug-likeness (QED) is 0.690. The number of nitrogens with one attached hydrogen (secondary N) is 2. The first-order valence-corrected chi connectivity index (χ1v) is 10.8. The standard InChI is InChI=1S/C22H29N5O5/c1-13-23-20(26-25-13)16-11-27(12-17(16)24-21(28)14-7-9-32-10-8-14)22(29)15-5-4-6-18(30-2)19(15)31-3/h4-6,14,16-17H,7-12H2,1-3H3,(H,24,28)(H,23,25,26)/t16-,17-/m1/s1. The predicted molar refractivity (Wildman–Crippen MR) is 115 cm³/mol. The minimum Gasteiger partial charge on any atom is -0.493 e. The third kappa shape index (κ3) is 4.40. The summed E-state index contributed by atoms with van der Waals surface area (Å²) in [5.74, 6) is 1.65. The third-order valence-corrected chi connectivity index (χ3v) is 6.11. The molecule has 172 valence electrons. The molecule has 0 saturated carbocycles. The number of aromatic nitrogens is 3. The van der Waals surface area contributed by atoms with E-state index < -0.39 is 0 Å². The lowest BCUT2D eigenvalue weighted by molar-refractivity contribution is -0.128. The van der Waals surface area contributed by atoms with E-state index in [-0.39, 0.29) is 29.7 Å². The smallest absolute Gasteiger partial charge is 0.257 e. The molecule has 10 heteroatoms. The van der Waals surface area contributed by atoms with Crippen LogP contribution >= 0.6 is 0 Å². The van der Waals surface area contributed by atoms with E-state index >= 15 is 0 Å². The van der Waals surface area contributed by atoms with Crippen molar-refractivity contribution in [3.05, 3.63) is 35.4 Å². The van der Waals surface area contributed by atoms with Crippen LogP contribution in [0.1, 0.15) is 40.8 Å². The highest BCUT2D eigenvalue weighted by Crippen LogP contribution is 2.34. The topological polar surface area (TPSA) is 119 Å². The molecule has 32 heavy (non-hydrogen) atoms. The number of aromatic amines is 1. The number of aryl methyl sites for hydroxylation is 1. The first-order chi connectivity index (χ1) is 15.5. The van der Waals surface area contributed by atoms with Crippen LogP contribution < -0.4 is 14.8 Å². The zero-order chi connectivity index (χ0) is 22.7. The monoisotopic (exact) mass is 443 g/mol. The van der Waals surface area contributed by atoms with E-state index in [0.29, 0.717) is 67.9 Å². The zero-order valence-corrected chi connectivity index (χ0v) is 18.6. The van der Waals surface area contributed by atoms with Crippen LogP contribution in [0.4, 0.5) is 0 Å². The Hall–Kier alpha value is -3.14. The van der Waals surface area contributed by atoms with Gasteiger partial charge in [-0.2, -0.15) is 5.10 Å². The molecule has 1 aromatic heterocycles. The molecule has 0 radical (unpaired) electrons. The second-order valence-corrected chi connectivity index (χ2v) is 8.14. The third-order valence-electron chi connectivity index (χ3n) is 6.11. The summed E-state index contributed by atoms with van der Waals surface area (Å²) in [6, 6.07) is 4.92. The van der Waals surface area contributed by atoms with Crippen molar-refractivity contribution in [3.63, 3.8) is 0 Å². The normalized spacial score (nSPS) is 21.4. The molecule has 4 rings (SSSR count). The first-order valence-electron chi connectivity index (χ1n) is 10.8. The number of methoxy groups -OCH3 is 2. The molecule has 2 amide bonds. The minimum atomic E-state index is -0.291. The molecule has 2 aromatic rings. The van der Waals surface area contributed by atoms with Gasteiger partial charge in [0.1, 0.15) is 5.82 Å². The Morgan fingerprint density at radius 2 is 1.97 bits per heavy atom. The summed E-state index contributed by atoms with van der Waals surface area (Å²) in [5.41, 5.74) is 0.410. The highest BCUT2D eigenvalue weighted by atomic mass is 16.5. The Kier molecular flexibility index (Phi) is 6.59. The summed E-state index contributed by atoms with van der Waals surface area (Å²) in [4.78, 5) is 32.5. The Bertz CT molecular complexity index is 971. The second-order valence-electron chi connectivity index (χ2n) is 8.14. The van der Waals surface area contributed by atoms with Crippen molar-refractivity contribution in [1.82, 2.24) is 25.4 Å². The lowest BCUT2D eigenvalue weighted by atomic mass is 9.97. The molecule has 2 fully saturated rings. The summed E-state index contributed by atoms with van der Waals surface area (Å²) >= 11 is 0. The molecule has 1 aromatic carbocycles. The molecule has 0 spiro atoms. The van der Waals surface area contributed by atoms with Crippen molar-refractivity contribution in [3.8, 4) is 11.5 Å². The highest BCUT2D eigenvalue weighted by molar-refractivity contribution is 5.98. The van der Waals surface area contributed by atoms with Gasteiger partial charge in [0, 0.05) is 32.2 Å². The van der Waals surface area contributed by atoms with Crippen LogP contribution in [-0.4, -0.2) is 78.5 Å². The van der Waals surface area contributed by atoms with Crippen molar-refractivity contribution in [1.29, 1.82) is 0 Å². The first kappa shape index (κ1) is 22.1. The van der Waals surface area contributed by atoms with Gasteiger partial charge in [0.15, 0.2) is 17.3 Å². The number of carbonyl (C=O) groups excluding carboxylic acids is 2. The summed E-state index contributed by atoms with van der Waals surface area (Å²) in [6.07, 6.45) is 1.40. The van der Waals surface area contributed by atoms with Gasteiger partial charge in [-0.3, -0.25) is 14.7 Å². The van der Waals surface area contributed by atoms with E-state index in [1.165, 1.54) is 14.2 Å². The number of para-hydroxylation sites is 1. The SMILES string of the molecule is COc1cccc(C(=O)N2C[C@@H](NC(=O)C3CCOCC3)[C@H](c3n[nH]c(C)n3)C2)c1OC. The van der Waals surface area contributed by atoms with E-state index in [2.05, 4.69) is 20.5 Å². The summed E-state index contributed by atoms with van der Waals surface area (Å²) in [6.45, 7) is 3.74. The molecule has 2 N–H and O–H groups in total. The van der Waals surface area contributed by atoms with Crippen molar-refractivity contribution < 1.29 is 23.8 Å². The summed E-state index contributed by atoms with van der Waals surface area (Å²) in [7, 11) is 3.04. The molecule has 0 bridgehead atoms. The number of hydrogen-bond acceptors (Lipinski definition) is 7. The maximum absolute atomic E-state index is 13.4. The van der Waals surface area contributed by atoms with Gasteiger partial charge in [-0.25, -0.2) is 4.98 Å². The Morgan fingerprint density at radius 3 is 2.62 bits per heavy atom. The van der Waals surface area contributed by atoms with Gasteiger partial charge < -0.3 is 24.4 Å². The number of carbonyl (C=O) groups is 2. The second kappa shape index (κ2) is 9.56. The fourth-order valence-electron chi connectivity index (χ4n) is 4.39. The van der Waals surface area contributed by atoms with E-state index in [1.54, 1.807) is 23.1 Å². The average Bonchev–Trinajstić information content (AvgIpc) is 3.44. The molecule has 2 aliphatic heterocycles. The van der Waals surface area contributed by atoms with Crippen molar-refractivity contribution in [2.24, 2.45) is 5.92 Å². The lowest BCUT2D eigenvalue weighted by Gasteiger charge is -2.25. The van der Waals surface area contributed by atoms with Gasteiger partial charge in [-0.1, -0.05) is 6.07 Å². The Morgan fingerprint density at radius 1 is 1.19 bits per heavy atom. The van der Waals surface area contributed by atoms with Crippen molar-refractivity contribution >= 4 is 11.8 Å². The maximum atomic E-state index is 13.4. The summed E-state index contributed by atoms with van der Waals surface area (Å²) in [5, 5.41) is 10.3. The largest absolute Gasteiger partial charge is 0.493 e. The number of H-pyrrole nitrogens is 1. The number of rotatable bonds is 6. The molecule has 0 aliphatic carbocycles. The number of hydrogen-bond donors (Lipinski definition) is 2. The van der Waals surface area contributed by atoms with Crippen molar-refractivity contribution in [2.45, 2.75) is 31.7 Å². The number of likely N-dealkylation sites (tertiary alicyclic amines) is 1. The highest BCUT2D eigenvalue weighted by Gasteiger charge is 2.41. The van der Waals surface area contributed by atoms with E-state index in [0.717, 1.165) is 0 Å². The van der Waals surface area contributed by atoms with Crippen LogP contribution in [0.25, 0.3) is 0 Å². The number of ether oxygens (including phenoxy) is 3. The fourth-order valence-corrected chi connectivity index (χ4v) is 4.39. The number of amides is 2. The van der Waals surface area contributed by atoms with Crippen LogP contribution in [0.15, 0.2) is 18.2 Å². The van der Waals surface area contributed by atoms with Gasteiger partial charge in [-0.05, 0) is 31.9 Å². The zero-order valence-electron chi connectivity index (χ0n) is 18.6. The van der Waals surface area contributed by atoms with Crippen LogP contribution in [0, 0.1) is 12.8 Å². The Balaban J connectivity index is 1.57. The van der Waals surface area contributed by atoms with Crippen LogP contribution in [-0.2, 0) is 9.53 Å². The molecule has 0 unspecified atom stereocenters. The molecular weight excluding hydrogens is 414 g/mol. The molecule has 2 saturated heterocycles. The fraction of sp³-hybridized carbons (Fsp3) is 0.545. The van der Waals surface area contributed by atoms with Gasteiger partial charge in [0.2, 0.25) is 5.91 Å². The van der Waals surface area contributed by atoms with E-state index in [9.17, 15) is 9.59 Å².